The monoisotopic (exact) mass is 390 g/mol. The average Bonchev–Trinajstić information content (AvgIpc) is 2.70. The Morgan fingerprint density at radius 1 is 0.679 bits per heavy atom. The van der Waals surface area contributed by atoms with Crippen molar-refractivity contribution in [1.82, 2.24) is 0 Å². The number of hydrogen-bond donors (Lipinski definition) is 2. The van der Waals surface area contributed by atoms with Crippen LogP contribution >= 0.6 is 0 Å². The second-order valence-corrected chi connectivity index (χ2v) is 6.82. The third-order valence-corrected chi connectivity index (χ3v) is 3.91. The van der Waals surface area contributed by atoms with Gasteiger partial charge in [0.1, 0.15) is 36.9 Å². The summed E-state index contributed by atoms with van der Waals surface area (Å²) in [5.41, 5.74) is 2.09. The molecule has 6 nitrogen and oxygen atoms in total. The lowest BCUT2D eigenvalue weighted by atomic mass is 10.1. The predicted octanol–water partition coefficient (Wildman–Crippen LogP) is 2.90. The minimum absolute atomic E-state index is 0.0844. The molecule has 2 atom stereocenters. The van der Waals surface area contributed by atoms with Crippen LogP contribution in [0.4, 0.5) is 0 Å². The van der Waals surface area contributed by atoms with E-state index < -0.39 is 12.2 Å². The minimum Gasteiger partial charge on any atom is -0.491 e. The highest BCUT2D eigenvalue weighted by atomic mass is 16.5. The van der Waals surface area contributed by atoms with Gasteiger partial charge >= 0.3 is 0 Å². The Morgan fingerprint density at radius 3 is 1.50 bits per heavy atom. The lowest BCUT2D eigenvalue weighted by Crippen LogP contribution is -2.25. The molecule has 0 aliphatic heterocycles. The second kappa shape index (κ2) is 11.7. The molecular formula is C22H30O6. The zero-order valence-electron chi connectivity index (χ0n) is 16.7. The van der Waals surface area contributed by atoms with Crippen LogP contribution in [0.3, 0.4) is 0 Å². The quantitative estimate of drug-likeness (QED) is 0.580. The summed E-state index contributed by atoms with van der Waals surface area (Å²) in [5.74, 6) is 1.39. The first-order valence-corrected chi connectivity index (χ1v) is 9.40. The van der Waals surface area contributed by atoms with E-state index in [-0.39, 0.29) is 32.5 Å². The Kier molecular flexibility index (Phi) is 9.23. The van der Waals surface area contributed by atoms with Gasteiger partial charge in [-0.3, -0.25) is 0 Å². The summed E-state index contributed by atoms with van der Waals surface area (Å²) < 4.78 is 21.4. The van der Waals surface area contributed by atoms with E-state index in [4.69, 9.17) is 18.9 Å². The number of hydrogen-bond acceptors (Lipinski definition) is 6. The van der Waals surface area contributed by atoms with Crippen molar-refractivity contribution in [3.63, 3.8) is 0 Å². The summed E-state index contributed by atoms with van der Waals surface area (Å²) in [7, 11) is 1.54. The molecule has 2 unspecified atom stereocenters. The molecule has 0 aliphatic rings. The molecule has 0 radical (unpaired) electrons. The SMILES string of the molecule is COCC(O)COc1ccc(-c2ccc(OCC(O)COC(C)C)cc2)cc1. The Labute approximate surface area is 166 Å². The number of ether oxygens (including phenoxy) is 4. The standard InChI is InChI=1S/C22H30O6/c1-16(2)26-13-20(24)15-28-22-10-6-18(7-11-22)17-4-8-21(9-5-17)27-14-19(23)12-25-3/h4-11,16,19-20,23-24H,12-15H2,1-3H3. The van der Waals surface area contributed by atoms with Crippen molar-refractivity contribution in [3.05, 3.63) is 48.5 Å². The summed E-state index contributed by atoms with van der Waals surface area (Å²) in [6.07, 6.45) is -1.22. The van der Waals surface area contributed by atoms with Gasteiger partial charge in [-0.2, -0.15) is 0 Å². The van der Waals surface area contributed by atoms with E-state index in [0.29, 0.717) is 11.5 Å². The number of aliphatic hydroxyl groups is 2. The fourth-order valence-electron chi connectivity index (χ4n) is 2.46. The molecule has 0 aromatic heterocycles. The van der Waals surface area contributed by atoms with E-state index in [1.165, 1.54) is 7.11 Å². The smallest absolute Gasteiger partial charge is 0.119 e. The Balaban J connectivity index is 1.83. The molecule has 0 saturated heterocycles. The van der Waals surface area contributed by atoms with Crippen LogP contribution in [0, 0.1) is 0 Å². The minimum atomic E-state index is -0.656. The lowest BCUT2D eigenvalue weighted by molar-refractivity contribution is -0.0122. The van der Waals surface area contributed by atoms with Crippen molar-refractivity contribution >= 4 is 0 Å². The van der Waals surface area contributed by atoms with Crippen molar-refractivity contribution in [1.29, 1.82) is 0 Å². The molecule has 0 fully saturated rings. The molecule has 0 spiro atoms. The average molecular weight is 390 g/mol. The van der Waals surface area contributed by atoms with Gasteiger partial charge in [-0.05, 0) is 49.2 Å². The predicted molar refractivity (Wildman–Crippen MR) is 108 cm³/mol. The number of methoxy groups -OCH3 is 1. The van der Waals surface area contributed by atoms with Crippen molar-refractivity contribution in [3.8, 4) is 22.6 Å². The third kappa shape index (κ3) is 7.86. The number of aliphatic hydroxyl groups excluding tert-OH is 2. The molecule has 0 bridgehead atoms. The molecule has 2 aromatic rings. The molecule has 154 valence electrons. The fourth-order valence-corrected chi connectivity index (χ4v) is 2.46. The maximum absolute atomic E-state index is 9.84. The summed E-state index contributed by atoms with van der Waals surface area (Å²) in [6.45, 7) is 4.73. The zero-order valence-corrected chi connectivity index (χ0v) is 16.7. The van der Waals surface area contributed by atoms with Gasteiger partial charge in [0, 0.05) is 7.11 Å². The molecule has 0 aliphatic carbocycles. The largest absolute Gasteiger partial charge is 0.491 e. The van der Waals surface area contributed by atoms with E-state index in [1.807, 2.05) is 62.4 Å². The van der Waals surface area contributed by atoms with Crippen LogP contribution in [-0.2, 0) is 9.47 Å². The molecule has 0 saturated carbocycles. The Hall–Kier alpha value is -2.12. The highest BCUT2D eigenvalue weighted by Gasteiger charge is 2.08. The first kappa shape index (κ1) is 22.2. The van der Waals surface area contributed by atoms with Crippen LogP contribution < -0.4 is 9.47 Å². The highest BCUT2D eigenvalue weighted by molar-refractivity contribution is 5.64. The van der Waals surface area contributed by atoms with Gasteiger partial charge in [0.15, 0.2) is 0 Å². The fraction of sp³-hybridized carbons (Fsp3) is 0.455. The van der Waals surface area contributed by atoms with Gasteiger partial charge in [0.05, 0.1) is 19.3 Å². The van der Waals surface area contributed by atoms with Crippen LogP contribution in [0.1, 0.15) is 13.8 Å². The van der Waals surface area contributed by atoms with Crippen LogP contribution in [0.5, 0.6) is 11.5 Å². The van der Waals surface area contributed by atoms with Gasteiger partial charge < -0.3 is 29.2 Å². The maximum atomic E-state index is 9.84. The Bertz CT molecular complexity index is 668. The maximum Gasteiger partial charge on any atom is 0.119 e. The van der Waals surface area contributed by atoms with Crippen molar-refractivity contribution < 1.29 is 29.2 Å². The Morgan fingerprint density at radius 2 is 1.11 bits per heavy atom. The third-order valence-electron chi connectivity index (χ3n) is 3.91. The first-order valence-electron chi connectivity index (χ1n) is 9.40. The van der Waals surface area contributed by atoms with Crippen LogP contribution in [-0.4, -0.2) is 62.1 Å². The van der Waals surface area contributed by atoms with E-state index in [0.717, 1.165) is 11.1 Å². The normalized spacial score (nSPS) is 13.4. The number of rotatable bonds is 12. The topological polar surface area (TPSA) is 77.4 Å². The highest BCUT2D eigenvalue weighted by Crippen LogP contribution is 2.24. The summed E-state index contributed by atoms with van der Waals surface area (Å²) in [6, 6.07) is 15.3. The molecule has 2 rings (SSSR count). The first-order chi connectivity index (χ1) is 13.5. The summed E-state index contributed by atoms with van der Waals surface area (Å²) >= 11 is 0. The number of benzene rings is 2. The second-order valence-electron chi connectivity index (χ2n) is 6.82. The van der Waals surface area contributed by atoms with E-state index in [9.17, 15) is 10.2 Å². The van der Waals surface area contributed by atoms with Gasteiger partial charge in [-0.15, -0.1) is 0 Å². The van der Waals surface area contributed by atoms with Gasteiger partial charge in [-0.25, -0.2) is 0 Å². The van der Waals surface area contributed by atoms with Gasteiger partial charge in [0.25, 0.3) is 0 Å². The summed E-state index contributed by atoms with van der Waals surface area (Å²) in [4.78, 5) is 0. The van der Waals surface area contributed by atoms with Crippen molar-refractivity contribution in [2.45, 2.75) is 32.2 Å². The van der Waals surface area contributed by atoms with Crippen molar-refractivity contribution in [2.24, 2.45) is 0 Å². The van der Waals surface area contributed by atoms with Crippen LogP contribution in [0.2, 0.25) is 0 Å². The lowest BCUT2D eigenvalue weighted by Gasteiger charge is -2.14. The molecule has 28 heavy (non-hydrogen) atoms. The van der Waals surface area contributed by atoms with Crippen LogP contribution in [0.15, 0.2) is 48.5 Å². The van der Waals surface area contributed by atoms with E-state index >= 15 is 0 Å². The van der Waals surface area contributed by atoms with E-state index in [2.05, 4.69) is 0 Å². The molecular weight excluding hydrogens is 360 g/mol. The molecule has 2 aromatic carbocycles. The molecule has 0 heterocycles. The zero-order chi connectivity index (χ0) is 20.4. The van der Waals surface area contributed by atoms with E-state index in [1.54, 1.807) is 0 Å². The van der Waals surface area contributed by atoms with Gasteiger partial charge in [0.2, 0.25) is 0 Å². The molecule has 2 N–H and O–H groups in total. The van der Waals surface area contributed by atoms with Crippen molar-refractivity contribution in [2.75, 3.05) is 33.5 Å². The summed E-state index contributed by atoms with van der Waals surface area (Å²) in [5, 5.41) is 19.5. The molecule has 0 amide bonds. The van der Waals surface area contributed by atoms with Gasteiger partial charge in [-0.1, -0.05) is 24.3 Å². The van der Waals surface area contributed by atoms with Crippen LogP contribution in [0.25, 0.3) is 11.1 Å². The molecule has 6 heteroatoms.